The zero-order chi connectivity index (χ0) is 27.5. The normalized spacial score (nSPS) is 12.6. The van der Waals surface area contributed by atoms with Crippen LogP contribution in [-0.4, -0.2) is 68.9 Å². The first-order valence-electron chi connectivity index (χ1n) is 11.6. The van der Waals surface area contributed by atoms with Crippen molar-refractivity contribution in [1.82, 2.24) is 20.2 Å². The van der Waals surface area contributed by atoms with E-state index < -0.39 is 36.2 Å². The summed E-state index contributed by atoms with van der Waals surface area (Å²) in [6.45, 7) is 0.565. The summed E-state index contributed by atoms with van der Waals surface area (Å²) < 4.78 is 39.4. The first kappa shape index (κ1) is 32.4. The fourth-order valence-corrected chi connectivity index (χ4v) is 3.60. The van der Waals surface area contributed by atoms with Crippen LogP contribution < -0.4 is 34.7 Å². The van der Waals surface area contributed by atoms with Crippen LogP contribution in [-0.2, 0) is 21.0 Å². The van der Waals surface area contributed by atoms with Gasteiger partial charge in [0.1, 0.15) is 18.4 Å². The summed E-state index contributed by atoms with van der Waals surface area (Å²) in [7, 11) is 1.53. The van der Waals surface area contributed by atoms with Crippen LogP contribution in [0.3, 0.4) is 0 Å². The van der Waals surface area contributed by atoms with Crippen LogP contribution in [0.1, 0.15) is 29.8 Å². The molecule has 0 aliphatic heterocycles. The van der Waals surface area contributed by atoms with E-state index in [2.05, 4.69) is 15.5 Å². The van der Waals surface area contributed by atoms with E-state index in [1.807, 2.05) is 0 Å². The smallest absolute Gasteiger partial charge is 0.550 e. The summed E-state index contributed by atoms with van der Waals surface area (Å²) in [5.41, 5.74) is 1.92. The summed E-state index contributed by atoms with van der Waals surface area (Å²) in [5.74, 6) is -2.15. The number of halogens is 2. The predicted molar refractivity (Wildman–Crippen MR) is 130 cm³/mol. The number of methoxy groups -OCH3 is 1. The molecule has 2 N–H and O–H groups in total. The molecule has 0 aliphatic carbocycles. The van der Waals surface area contributed by atoms with Crippen molar-refractivity contribution in [3.8, 4) is 0 Å². The fraction of sp³-hybridized carbons (Fsp3) is 0.308. The van der Waals surface area contributed by atoms with Crippen LogP contribution in [0, 0.1) is 11.6 Å². The molecule has 13 heteroatoms. The molecule has 39 heavy (non-hydrogen) atoms. The number of hydrogen-bond donors (Lipinski definition) is 2. The molecule has 2 aromatic carbocycles. The van der Waals surface area contributed by atoms with Gasteiger partial charge in [-0.2, -0.15) is 4.68 Å². The Morgan fingerprint density at radius 2 is 1.64 bits per heavy atom. The molecule has 0 aliphatic rings. The largest absolute Gasteiger partial charge is 1.00 e. The van der Waals surface area contributed by atoms with Crippen molar-refractivity contribution < 1.29 is 67.9 Å². The number of tetrazole rings is 1. The van der Waals surface area contributed by atoms with E-state index in [-0.39, 0.29) is 55.1 Å². The van der Waals surface area contributed by atoms with E-state index in [1.54, 1.807) is 0 Å². The standard InChI is InChI=1S/C26H28F2N4O6.Na/c1-37-12-13-38-16-32-26(29-30-31-32)23(11-10-21(33)14-22(34)15-24(35)36)25(17-2-6-19(27)7-3-17)18-4-8-20(28)9-5-18;/h2-11,21-22,33-34H,12-16H2,1H3,(H,35,36);/q;+1/p-1/b11-10+;/t21-,22-;/m1./s1. The number of carbonyl (C=O) groups is 1. The van der Waals surface area contributed by atoms with E-state index in [9.17, 15) is 28.9 Å². The Hall–Kier alpha value is -2.84. The van der Waals surface area contributed by atoms with E-state index in [0.29, 0.717) is 28.9 Å². The van der Waals surface area contributed by atoms with Gasteiger partial charge in [-0.3, -0.25) is 0 Å². The maximum atomic E-state index is 13.8. The molecule has 3 rings (SSSR count). The Labute approximate surface area is 245 Å². The van der Waals surface area contributed by atoms with Gasteiger partial charge in [0.2, 0.25) is 0 Å². The molecular formula is C26H27F2N4NaO6. The molecule has 0 unspecified atom stereocenters. The van der Waals surface area contributed by atoms with Gasteiger partial charge in [-0.25, -0.2) is 8.78 Å². The third kappa shape index (κ3) is 10.0. The molecule has 2 atom stereocenters. The van der Waals surface area contributed by atoms with Crippen LogP contribution in [0.4, 0.5) is 8.78 Å². The maximum absolute atomic E-state index is 13.8. The third-order valence-electron chi connectivity index (χ3n) is 5.35. The van der Waals surface area contributed by atoms with Crippen LogP contribution in [0.25, 0.3) is 11.1 Å². The van der Waals surface area contributed by atoms with Crippen LogP contribution in [0.5, 0.6) is 0 Å². The van der Waals surface area contributed by atoms with E-state index in [4.69, 9.17) is 9.47 Å². The topological polar surface area (TPSA) is 143 Å². The summed E-state index contributed by atoms with van der Waals surface area (Å²) in [6, 6.07) is 11.2. The minimum Gasteiger partial charge on any atom is -0.550 e. The quantitative estimate of drug-likeness (QED) is 0.137. The van der Waals surface area contributed by atoms with Gasteiger partial charge in [0.25, 0.3) is 0 Å². The minimum absolute atomic E-state index is 0. The predicted octanol–water partition coefficient (Wildman–Crippen LogP) is -1.66. The van der Waals surface area contributed by atoms with Crippen molar-refractivity contribution in [3.63, 3.8) is 0 Å². The number of aliphatic hydroxyl groups excluding tert-OH is 2. The van der Waals surface area contributed by atoms with Crippen LogP contribution >= 0.6 is 0 Å². The third-order valence-corrected chi connectivity index (χ3v) is 5.35. The second-order valence-electron chi connectivity index (χ2n) is 8.23. The van der Waals surface area contributed by atoms with E-state index >= 15 is 0 Å². The molecular weight excluding hydrogens is 525 g/mol. The molecule has 3 aromatic rings. The number of carbonyl (C=O) groups excluding carboxylic acids is 1. The molecule has 0 radical (unpaired) electrons. The van der Waals surface area contributed by atoms with Gasteiger partial charge in [-0.1, -0.05) is 36.4 Å². The zero-order valence-electron chi connectivity index (χ0n) is 21.5. The number of benzene rings is 2. The molecule has 1 aromatic heterocycles. The van der Waals surface area contributed by atoms with Gasteiger partial charge in [0, 0.05) is 31.5 Å². The molecule has 0 amide bonds. The molecule has 10 nitrogen and oxygen atoms in total. The van der Waals surface area contributed by atoms with Gasteiger partial charge in [-0.05, 0) is 51.4 Å². The number of aliphatic hydroxyl groups is 2. The zero-order valence-corrected chi connectivity index (χ0v) is 23.5. The molecule has 1 heterocycles. The van der Waals surface area contributed by atoms with Gasteiger partial charge in [0.15, 0.2) is 5.82 Å². The number of allylic oxidation sites excluding steroid dienone is 2. The number of hydrogen-bond acceptors (Lipinski definition) is 9. The molecule has 0 fully saturated rings. The summed E-state index contributed by atoms with van der Waals surface area (Å²) >= 11 is 0. The molecule has 0 bridgehead atoms. The van der Waals surface area contributed by atoms with Crippen molar-refractivity contribution in [3.05, 3.63) is 89.3 Å². The fourth-order valence-electron chi connectivity index (χ4n) is 3.60. The second-order valence-corrected chi connectivity index (χ2v) is 8.23. The van der Waals surface area contributed by atoms with Crippen LogP contribution in [0.15, 0.2) is 60.7 Å². The molecule has 0 saturated carbocycles. The SMILES string of the molecule is COCCOCn1nnnc1C(/C=C/[C@@H](O)C[C@@H](O)CC(=O)[O-])=C(c1ccc(F)cc1)c1ccc(F)cc1.[Na+]. The van der Waals surface area contributed by atoms with Crippen molar-refractivity contribution in [2.75, 3.05) is 20.3 Å². The van der Waals surface area contributed by atoms with Crippen molar-refractivity contribution in [2.45, 2.75) is 31.8 Å². The maximum Gasteiger partial charge on any atom is 1.00 e. The van der Waals surface area contributed by atoms with Gasteiger partial charge < -0.3 is 29.6 Å². The van der Waals surface area contributed by atoms with E-state index in [1.165, 1.54) is 72.5 Å². The monoisotopic (exact) mass is 552 g/mol. The van der Waals surface area contributed by atoms with Gasteiger partial charge in [0.05, 0.1) is 25.4 Å². The Bertz CT molecular complexity index is 1200. The first-order chi connectivity index (χ1) is 18.3. The number of ether oxygens (including phenoxy) is 2. The van der Waals surface area contributed by atoms with Gasteiger partial charge >= 0.3 is 29.6 Å². The Balaban J connectivity index is 0.00000533. The molecule has 202 valence electrons. The summed E-state index contributed by atoms with van der Waals surface area (Å²) in [4.78, 5) is 10.8. The number of aromatic nitrogens is 4. The molecule has 0 saturated heterocycles. The second kappa shape index (κ2) is 16.3. The number of rotatable bonds is 14. The number of carboxylic acids is 1. The number of nitrogens with zero attached hydrogens (tertiary/aromatic N) is 4. The average molecular weight is 553 g/mol. The Morgan fingerprint density at radius 3 is 2.18 bits per heavy atom. The molecule has 0 spiro atoms. The minimum atomic E-state index is -1.45. The average Bonchev–Trinajstić information content (AvgIpc) is 3.33. The van der Waals surface area contributed by atoms with Crippen molar-refractivity contribution in [2.24, 2.45) is 0 Å². The number of aliphatic carboxylic acids is 1. The van der Waals surface area contributed by atoms with Crippen molar-refractivity contribution in [1.29, 1.82) is 0 Å². The van der Waals surface area contributed by atoms with Crippen LogP contribution in [0.2, 0.25) is 0 Å². The summed E-state index contributed by atoms with van der Waals surface area (Å²) in [6.07, 6.45) is -0.655. The first-order valence-corrected chi connectivity index (χ1v) is 11.6. The Morgan fingerprint density at radius 1 is 1.05 bits per heavy atom. The number of carboxylic acid groups (broad SMARTS) is 1. The van der Waals surface area contributed by atoms with E-state index in [0.717, 1.165) is 0 Å². The summed E-state index contributed by atoms with van der Waals surface area (Å²) in [5, 5.41) is 42.9. The van der Waals surface area contributed by atoms with Crippen molar-refractivity contribution >= 4 is 17.1 Å². The van der Waals surface area contributed by atoms with Gasteiger partial charge in [-0.15, -0.1) is 5.10 Å². The Kier molecular flexibility index (Phi) is 13.5.